The first kappa shape index (κ1) is 18.7. The molecule has 1 aromatic heterocycles. The van der Waals surface area contributed by atoms with E-state index in [0.717, 1.165) is 18.2 Å². The molecule has 0 radical (unpaired) electrons. The molecule has 3 rings (SSSR count). The van der Waals surface area contributed by atoms with Gasteiger partial charge in [-0.1, -0.05) is 50.8 Å². The fourth-order valence-electron chi connectivity index (χ4n) is 4.03. The van der Waals surface area contributed by atoms with E-state index in [0.29, 0.717) is 6.42 Å². The van der Waals surface area contributed by atoms with Gasteiger partial charge in [-0.15, -0.1) is 0 Å². The van der Waals surface area contributed by atoms with E-state index in [-0.39, 0.29) is 18.6 Å². The lowest BCUT2D eigenvalue weighted by atomic mass is 9.93. The molecule has 4 nitrogen and oxygen atoms in total. The summed E-state index contributed by atoms with van der Waals surface area (Å²) in [5.74, 6) is 1.70. The zero-order chi connectivity index (χ0) is 18.5. The summed E-state index contributed by atoms with van der Waals surface area (Å²) >= 11 is 0. The molecule has 1 heterocycles. The second-order valence-corrected chi connectivity index (χ2v) is 7.60. The SMILES string of the molecule is Cc1cccc(C(C)c2nccn2COC(=O)CCC2CCCC2)c1C. The second-order valence-electron chi connectivity index (χ2n) is 7.60. The number of hydrogen-bond acceptors (Lipinski definition) is 3. The van der Waals surface area contributed by atoms with Crippen LogP contribution < -0.4 is 0 Å². The lowest BCUT2D eigenvalue weighted by molar-refractivity contribution is -0.147. The third kappa shape index (κ3) is 4.35. The molecule has 4 heteroatoms. The zero-order valence-corrected chi connectivity index (χ0v) is 16.2. The number of imidazole rings is 1. The van der Waals surface area contributed by atoms with Gasteiger partial charge in [0, 0.05) is 24.7 Å². The van der Waals surface area contributed by atoms with Crippen molar-refractivity contribution < 1.29 is 9.53 Å². The number of carbonyl (C=O) groups excluding carboxylic acids is 1. The number of carbonyl (C=O) groups is 1. The number of aromatic nitrogens is 2. The highest BCUT2D eigenvalue weighted by Gasteiger charge is 2.19. The summed E-state index contributed by atoms with van der Waals surface area (Å²) in [5.41, 5.74) is 3.85. The number of esters is 1. The third-order valence-corrected chi connectivity index (χ3v) is 5.84. The minimum atomic E-state index is -0.101. The van der Waals surface area contributed by atoms with Crippen LogP contribution in [0.15, 0.2) is 30.6 Å². The molecule has 1 aromatic carbocycles. The molecule has 1 saturated carbocycles. The number of rotatable bonds is 7. The first-order valence-corrected chi connectivity index (χ1v) is 9.79. The summed E-state index contributed by atoms with van der Waals surface area (Å²) in [7, 11) is 0. The Morgan fingerprint density at radius 2 is 2.08 bits per heavy atom. The second kappa shape index (κ2) is 8.52. The number of ether oxygens (including phenoxy) is 1. The summed E-state index contributed by atoms with van der Waals surface area (Å²) in [4.78, 5) is 16.6. The summed E-state index contributed by atoms with van der Waals surface area (Å²) < 4.78 is 7.46. The maximum Gasteiger partial charge on any atom is 0.307 e. The molecule has 2 aromatic rings. The summed E-state index contributed by atoms with van der Waals surface area (Å²) in [5, 5.41) is 0. The van der Waals surface area contributed by atoms with Gasteiger partial charge in [-0.2, -0.15) is 0 Å². The molecular weight excluding hydrogens is 324 g/mol. The molecule has 0 aliphatic heterocycles. The van der Waals surface area contributed by atoms with E-state index in [1.807, 2.05) is 10.8 Å². The average molecular weight is 354 g/mol. The van der Waals surface area contributed by atoms with Gasteiger partial charge in [0.1, 0.15) is 5.82 Å². The summed E-state index contributed by atoms with van der Waals surface area (Å²) in [6.45, 7) is 6.68. The number of benzene rings is 1. The van der Waals surface area contributed by atoms with E-state index in [4.69, 9.17) is 4.74 Å². The normalized spacial score (nSPS) is 16.0. The van der Waals surface area contributed by atoms with Gasteiger partial charge in [0.2, 0.25) is 0 Å². The van der Waals surface area contributed by atoms with Gasteiger partial charge in [0.25, 0.3) is 0 Å². The maximum atomic E-state index is 12.1. The van der Waals surface area contributed by atoms with Crippen LogP contribution in [0.3, 0.4) is 0 Å². The Labute approximate surface area is 156 Å². The third-order valence-electron chi connectivity index (χ3n) is 5.84. The highest BCUT2D eigenvalue weighted by atomic mass is 16.5. The minimum Gasteiger partial charge on any atom is -0.444 e. The summed E-state index contributed by atoms with van der Waals surface area (Å²) in [6, 6.07) is 6.37. The van der Waals surface area contributed by atoms with Crippen molar-refractivity contribution in [3.8, 4) is 0 Å². The smallest absolute Gasteiger partial charge is 0.307 e. The Morgan fingerprint density at radius 1 is 1.31 bits per heavy atom. The molecule has 0 N–H and O–H groups in total. The van der Waals surface area contributed by atoms with Crippen molar-refractivity contribution in [3.05, 3.63) is 53.1 Å². The molecule has 0 amide bonds. The van der Waals surface area contributed by atoms with Gasteiger partial charge in [0.05, 0.1) is 0 Å². The van der Waals surface area contributed by atoms with Crippen LogP contribution in [-0.2, 0) is 16.3 Å². The lowest BCUT2D eigenvalue weighted by Gasteiger charge is -2.18. The molecule has 0 bridgehead atoms. The first-order valence-electron chi connectivity index (χ1n) is 9.79. The van der Waals surface area contributed by atoms with Crippen LogP contribution in [0.25, 0.3) is 0 Å². The quantitative estimate of drug-likeness (QED) is 0.648. The molecule has 0 saturated heterocycles. The van der Waals surface area contributed by atoms with Gasteiger partial charge < -0.3 is 9.30 Å². The van der Waals surface area contributed by atoms with Gasteiger partial charge in [0.15, 0.2) is 6.73 Å². The van der Waals surface area contributed by atoms with Gasteiger partial charge in [-0.3, -0.25) is 4.79 Å². The van der Waals surface area contributed by atoms with Crippen LogP contribution in [0.1, 0.15) is 73.9 Å². The van der Waals surface area contributed by atoms with E-state index >= 15 is 0 Å². The maximum absolute atomic E-state index is 12.1. The van der Waals surface area contributed by atoms with Crippen LogP contribution in [-0.4, -0.2) is 15.5 Å². The van der Waals surface area contributed by atoms with Crippen LogP contribution in [0, 0.1) is 19.8 Å². The predicted octanol–water partition coefficient (Wildman–Crippen LogP) is 5.12. The van der Waals surface area contributed by atoms with E-state index in [2.05, 4.69) is 44.0 Å². The van der Waals surface area contributed by atoms with Crippen LogP contribution in [0.4, 0.5) is 0 Å². The van der Waals surface area contributed by atoms with Crippen LogP contribution in [0.2, 0.25) is 0 Å². The van der Waals surface area contributed by atoms with Crippen molar-refractivity contribution in [3.63, 3.8) is 0 Å². The Kier molecular flexibility index (Phi) is 6.12. The number of aryl methyl sites for hydroxylation is 1. The van der Waals surface area contributed by atoms with Crippen molar-refractivity contribution in [1.29, 1.82) is 0 Å². The fourth-order valence-corrected chi connectivity index (χ4v) is 4.03. The Bertz CT molecular complexity index is 744. The first-order chi connectivity index (χ1) is 12.6. The monoisotopic (exact) mass is 354 g/mol. The molecule has 1 aliphatic rings. The predicted molar refractivity (Wildman–Crippen MR) is 103 cm³/mol. The Morgan fingerprint density at radius 3 is 2.85 bits per heavy atom. The van der Waals surface area contributed by atoms with Crippen molar-refractivity contribution in [2.24, 2.45) is 5.92 Å². The van der Waals surface area contributed by atoms with Gasteiger partial charge >= 0.3 is 5.97 Å². The molecule has 1 atom stereocenters. The molecule has 0 spiro atoms. The van der Waals surface area contributed by atoms with Gasteiger partial charge in [-0.05, 0) is 42.9 Å². The molecule has 1 fully saturated rings. The van der Waals surface area contributed by atoms with Crippen molar-refractivity contribution in [2.75, 3.05) is 0 Å². The zero-order valence-electron chi connectivity index (χ0n) is 16.2. The van der Waals surface area contributed by atoms with E-state index in [1.165, 1.54) is 42.4 Å². The number of nitrogens with zero attached hydrogens (tertiary/aromatic N) is 2. The molecule has 1 aliphatic carbocycles. The van der Waals surface area contributed by atoms with Crippen molar-refractivity contribution >= 4 is 5.97 Å². The fraction of sp³-hybridized carbons (Fsp3) is 0.545. The largest absolute Gasteiger partial charge is 0.444 e. The van der Waals surface area contributed by atoms with Crippen molar-refractivity contribution in [1.82, 2.24) is 9.55 Å². The molecule has 1 unspecified atom stereocenters. The van der Waals surface area contributed by atoms with Crippen LogP contribution >= 0.6 is 0 Å². The average Bonchev–Trinajstić information content (AvgIpc) is 3.31. The molecular formula is C22H30N2O2. The van der Waals surface area contributed by atoms with Crippen LogP contribution in [0.5, 0.6) is 0 Å². The number of hydrogen-bond donors (Lipinski definition) is 0. The Balaban J connectivity index is 1.59. The van der Waals surface area contributed by atoms with E-state index in [9.17, 15) is 4.79 Å². The molecule has 26 heavy (non-hydrogen) atoms. The topological polar surface area (TPSA) is 44.1 Å². The highest BCUT2D eigenvalue weighted by molar-refractivity contribution is 5.69. The standard InChI is InChI=1S/C22H30N2O2/c1-16-7-6-10-20(17(16)2)18(3)22-23-13-14-24(22)15-26-21(25)12-11-19-8-4-5-9-19/h6-7,10,13-14,18-19H,4-5,8-9,11-12,15H2,1-3H3. The van der Waals surface area contributed by atoms with Gasteiger partial charge in [-0.25, -0.2) is 4.98 Å². The lowest BCUT2D eigenvalue weighted by Crippen LogP contribution is -2.14. The van der Waals surface area contributed by atoms with E-state index < -0.39 is 0 Å². The van der Waals surface area contributed by atoms with Crippen molar-refractivity contribution in [2.45, 2.75) is 71.9 Å². The minimum absolute atomic E-state index is 0.101. The van der Waals surface area contributed by atoms with E-state index in [1.54, 1.807) is 6.20 Å². The Hall–Kier alpha value is -2.10. The molecule has 140 valence electrons. The summed E-state index contributed by atoms with van der Waals surface area (Å²) in [6.07, 6.45) is 10.3. The highest BCUT2D eigenvalue weighted by Crippen LogP contribution is 2.29.